The van der Waals surface area contributed by atoms with Crippen LogP contribution in [0.4, 0.5) is 5.69 Å². The smallest absolute Gasteiger partial charge is 0.244 e. The Hall–Kier alpha value is -0.780. The third kappa shape index (κ3) is 3.12. The van der Waals surface area contributed by atoms with E-state index in [-0.39, 0.29) is 0 Å². The summed E-state index contributed by atoms with van der Waals surface area (Å²) in [5.41, 5.74) is 0.668. The first-order chi connectivity index (χ1) is 7.91. The molecule has 0 aromatic heterocycles. The summed E-state index contributed by atoms with van der Waals surface area (Å²) in [5.74, 6) is 0.451. The minimum atomic E-state index is -3.42. The molecule has 0 amide bonds. The maximum absolute atomic E-state index is 12.1. The molecule has 0 bridgehead atoms. The number of rotatable bonds is 5. The first-order valence-electron chi connectivity index (χ1n) is 5.20. The maximum atomic E-state index is 12.1. The van der Waals surface area contributed by atoms with Gasteiger partial charge in [0, 0.05) is 33.6 Å². The molecule has 0 radical (unpaired) electrons. The van der Waals surface area contributed by atoms with Crippen LogP contribution in [0.2, 0.25) is 0 Å². The van der Waals surface area contributed by atoms with E-state index in [1.54, 1.807) is 18.2 Å². The number of hydrogen-bond donors (Lipinski definition) is 0. The molecule has 0 aliphatic heterocycles. The van der Waals surface area contributed by atoms with Gasteiger partial charge >= 0.3 is 0 Å². The second kappa shape index (κ2) is 5.71. The predicted octanol–water partition coefficient (Wildman–Crippen LogP) is 1.61. The molecule has 0 aliphatic rings. The van der Waals surface area contributed by atoms with Crippen LogP contribution in [-0.2, 0) is 10.0 Å². The number of sulfonamides is 1. The van der Waals surface area contributed by atoms with E-state index in [0.29, 0.717) is 23.0 Å². The zero-order chi connectivity index (χ0) is 13.1. The molecular formula is C11H17ClN2O2S. The van der Waals surface area contributed by atoms with E-state index < -0.39 is 10.0 Å². The van der Waals surface area contributed by atoms with Gasteiger partial charge in [0.15, 0.2) is 0 Å². The van der Waals surface area contributed by atoms with E-state index in [1.807, 2.05) is 18.0 Å². The first kappa shape index (κ1) is 14.3. The summed E-state index contributed by atoms with van der Waals surface area (Å²) < 4.78 is 25.5. The summed E-state index contributed by atoms with van der Waals surface area (Å²) >= 11 is 5.67. The summed E-state index contributed by atoms with van der Waals surface area (Å²) in [5, 5.41) is 0. The second-order valence-corrected chi connectivity index (χ2v) is 6.36. The van der Waals surface area contributed by atoms with Crippen LogP contribution in [0.3, 0.4) is 0 Å². The van der Waals surface area contributed by atoms with Crippen molar-refractivity contribution in [2.45, 2.75) is 4.90 Å². The molecule has 0 saturated heterocycles. The zero-order valence-electron chi connectivity index (χ0n) is 10.2. The van der Waals surface area contributed by atoms with Gasteiger partial charge in [-0.2, -0.15) is 0 Å². The fraction of sp³-hybridized carbons (Fsp3) is 0.455. The van der Waals surface area contributed by atoms with Crippen molar-refractivity contribution in [2.24, 2.45) is 0 Å². The van der Waals surface area contributed by atoms with Crippen molar-refractivity contribution in [3.63, 3.8) is 0 Å². The van der Waals surface area contributed by atoms with Crippen molar-refractivity contribution in [3.05, 3.63) is 24.3 Å². The van der Waals surface area contributed by atoms with Crippen LogP contribution < -0.4 is 4.90 Å². The molecule has 6 heteroatoms. The minimum absolute atomic E-state index is 0.303. The summed E-state index contributed by atoms with van der Waals surface area (Å²) in [6.07, 6.45) is 0. The van der Waals surface area contributed by atoms with Crippen LogP contribution in [0.1, 0.15) is 0 Å². The van der Waals surface area contributed by atoms with Crippen molar-refractivity contribution >= 4 is 27.3 Å². The predicted molar refractivity (Wildman–Crippen MR) is 71.3 cm³/mol. The molecule has 0 aliphatic carbocycles. The van der Waals surface area contributed by atoms with Gasteiger partial charge in [0.2, 0.25) is 10.0 Å². The van der Waals surface area contributed by atoms with Crippen molar-refractivity contribution < 1.29 is 8.42 Å². The summed E-state index contributed by atoms with van der Waals surface area (Å²) in [6.45, 7) is 0.599. The van der Waals surface area contributed by atoms with E-state index in [9.17, 15) is 8.42 Å². The standard InChI is InChI=1S/C11H17ClN2O2S/c1-13(2)17(15,16)11-7-5-4-6-10(11)14(3)9-8-12/h4-7H,8-9H2,1-3H3. The monoisotopic (exact) mass is 276 g/mol. The highest BCUT2D eigenvalue weighted by Crippen LogP contribution is 2.25. The van der Waals surface area contributed by atoms with Crippen molar-refractivity contribution in [1.29, 1.82) is 0 Å². The second-order valence-electron chi connectivity index (χ2n) is 3.87. The number of para-hydroxylation sites is 1. The van der Waals surface area contributed by atoms with Crippen molar-refractivity contribution in [3.8, 4) is 0 Å². The molecule has 96 valence electrons. The molecule has 4 nitrogen and oxygen atoms in total. The fourth-order valence-corrected chi connectivity index (χ4v) is 2.82. The fourth-order valence-electron chi connectivity index (χ4n) is 1.43. The Labute approximate surface area is 108 Å². The number of benzene rings is 1. The van der Waals surface area contributed by atoms with E-state index in [2.05, 4.69) is 0 Å². The number of alkyl halides is 1. The molecule has 1 aromatic rings. The van der Waals surface area contributed by atoms with E-state index >= 15 is 0 Å². The summed E-state index contributed by atoms with van der Waals surface area (Å²) in [7, 11) is 1.45. The molecule has 1 aromatic carbocycles. The highest BCUT2D eigenvalue weighted by Gasteiger charge is 2.22. The van der Waals surface area contributed by atoms with Crippen LogP contribution in [0.25, 0.3) is 0 Å². The van der Waals surface area contributed by atoms with Gasteiger partial charge in [-0.1, -0.05) is 12.1 Å². The van der Waals surface area contributed by atoms with E-state index in [0.717, 1.165) is 0 Å². The van der Waals surface area contributed by atoms with Crippen LogP contribution in [0.5, 0.6) is 0 Å². The topological polar surface area (TPSA) is 40.6 Å². The van der Waals surface area contributed by atoms with Gasteiger partial charge in [-0.25, -0.2) is 12.7 Å². The third-order valence-electron chi connectivity index (χ3n) is 2.46. The first-order valence-corrected chi connectivity index (χ1v) is 7.17. The summed E-state index contributed by atoms with van der Waals surface area (Å²) in [4.78, 5) is 2.14. The van der Waals surface area contributed by atoms with Gasteiger partial charge in [-0.3, -0.25) is 0 Å². The number of nitrogens with zero attached hydrogens (tertiary/aromatic N) is 2. The summed E-state index contributed by atoms with van der Waals surface area (Å²) in [6, 6.07) is 6.92. The Morgan fingerprint density at radius 2 is 1.76 bits per heavy atom. The highest BCUT2D eigenvalue weighted by atomic mass is 35.5. The lowest BCUT2D eigenvalue weighted by Gasteiger charge is -2.22. The molecule has 0 heterocycles. The van der Waals surface area contributed by atoms with Crippen LogP contribution >= 0.6 is 11.6 Å². The van der Waals surface area contributed by atoms with Crippen LogP contribution in [-0.4, -0.2) is 46.3 Å². The lowest BCUT2D eigenvalue weighted by molar-refractivity contribution is 0.520. The average molecular weight is 277 g/mol. The molecule has 0 saturated carbocycles. The van der Waals surface area contributed by atoms with Crippen molar-refractivity contribution in [2.75, 3.05) is 38.5 Å². The van der Waals surface area contributed by atoms with Crippen LogP contribution in [0, 0.1) is 0 Å². The number of halogens is 1. The molecule has 1 rings (SSSR count). The number of anilines is 1. The van der Waals surface area contributed by atoms with Gasteiger partial charge in [0.05, 0.1) is 5.69 Å². The Morgan fingerprint density at radius 3 is 2.29 bits per heavy atom. The maximum Gasteiger partial charge on any atom is 0.244 e. The van der Waals surface area contributed by atoms with E-state index in [4.69, 9.17) is 11.6 Å². The lowest BCUT2D eigenvalue weighted by Crippen LogP contribution is -2.27. The van der Waals surface area contributed by atoms with E-state index in [1.165, 1.54) is 18.4 Å². The quantitative estimate of drug-likeness (QED) is 0.767. The van der Waals surface area contributed by atoms with Gasteiger partial charge in [-0.05, 0) is 12.1 Å². The van der Waals surface area contributed by atoms with Crippen LogP contribution in [0.15, 0.2) is 29.2 Å². The Morgan fingerprint density at radius 1 is 1.18 bits per heavy atom. The molecule has 0 spiro atoms. The third-order valence-corrected chi connectivity index (χ3v) is 4.49. The molecule has 0 unspecified atom stereocenters. The Balaban J connectivity index is 3.26. The largest absolute Gasteiger partial charge is 0.372 e. The van der Waals surface area contributed by atoms with Crippen molar-refractivity contribution in [1.82, 2.24) is 4.31 Å². The minimum Gasteiger partial charge on any atom is -0.372 e. The highest BCUT2D eigenvalue weighted by molar-refractivity contribution is 7.89. The van der Waals surface area contributed by atoms with Gasteiger partial charge in [-0.15, -0.1) is 11.6 Å². The average Bonchev–Trinajstić information content (AvgIpc) is 2.29. The molecule has 0 N–H and O–H groups in total. The van der Waals surface area contributed by atoms with Gasteiger partial charge in [0.25, 0.3) is 0 Å². The zero-order valence-corrected chi connectivity index (χ0v) is 11.8. The molecule has 0 atom stereocenters. The number of hydrogen-bond acceptors (Lipinski definition) is 3. The Kier molecular flexibility index (Phi) is 4.80. The molecule has 17 heavy (non-hydrogen) atoms. The van der Waals surface area contributed by atoms with Gasteiger partial charge in [0.1, 0.15) is 4.90 Å². The SMILES string of the molecule is CN(CCCl)c1ccccc1S(=O)(=O)N(C)C. The lowest BCUT2D eigenvalue weighted by atomic mass is 10.3. The normalized spacial score (nSPS) is 11.8. The van der Waals surface area contributed by atoms with Gasteiger partial charge < -0.3 is 4.90 Å². The molecular weight excluding hydrogens is 260 g/mol. The molecule has 0 fully saturated rings. The Bertz CT molecular complexity index is 474.